The summed E-state index contributed by atoms with van der Waals surface area (Å²) in [5.41, 5.74) is 7.72. The number of carbonyl (C=O) groups is 3. The molecule has 10 heteroatoms. The molecule has 3 amide bonds. The van der Waals surface area contributed by atoms with Crippen LogP contribution in [0.5, 0.6) is 11.5 Å². The minimum Gasteiger partial charge on any atom is -0.457 e. The van der Waals surface area contributed by atoms with Crippen LogP contribution in [0, 0.1) is 18.3 Å². The number of hydrogen-bond donors (Lipinski definition) is 4. The predicted octanol–water partition coefficient (Wildman–Crippen LogP) is 4.37. The summed E-state index contributed by atoms with van der Waals surface area (Å²) >= 11 is 1.42. The van der Waals surface area contributed by atoms with E-state index in [1.807, 2.05) is 45.0 Å². The monoisotopic (exact) mass is 561 g/mol. The summed E-state index contributed by atoms with van der Waals surface area (Å²) in [7, 11) is 0. The first kappa shape index (κ1) is 28.8. The molecule has 3 aromatic rings. The first-order valence-electron chi connectivity index (χ1n) is 13.3. The smallest absolute Gasteiger partial charge is 0.251 e. The van der Waals surface area contributed by atoms with Crippen molar-refractivity contribution in [2.75, 3.05) is 13.1 Å². The van der Waals surface area contributed by atoms with Gasteiger partial charge < -0.3 is 26.0 Å². The highest BCUT2D eigenvalue weighted by Gasteiger charge is 2.39. The van der Waals surface area contributed by atoms with Crippen molar-refractivity contribution in [3.63, 3.8) is 0 Å². The average Bonchev–Trinajstić information content (AvgIpc) is 3.62. The zero-order valence-corrected chi connectivity index (χ0v) is 23.7. The van der Waals surface area contributed by atoms with E-state index in [1.165, 1.54) is 11.3 Å². The second-order valence-corrected chi connectivity index (χ2v) is 11.0. The highest BCUT2D eigenvalue weighted by atomic mass is 32.1. The molecule has 1 saturated heterocycles. The van der Waals surface area contributed by atoms with Gasteiger partial charge in [0.15, 0.2) is 0 Å². The summed E-state index contributed by atoms with van der Waals surface area (Å²) in [5, 5.41) is 15.1. The number of amides is 3. The van der Waals surface area contributed by atoms with Gasteiger partial charge >= 0.3 is 0 Å². The molecule has 4 rings (SSSR count). The molecule has 5 N–H and O–H groups in total. The molecular formula is C30H35N5O4S. The molecule has 0 spiro atoms. The number of likely N-dealkylation sites (tertiary alicyclic amines) is 1. The van der Waals surface area contributed by atoms with Crippen molar-refractivity contribution in [3.05, 3.63) is 81.5 Å². The van der Waals surface area contributed by atoms with Crippen LogP contribution in [0.1, 0.15) is 59.1 Å². The summed E-state index contributed by atoms with van der Waals surface area (Å²) in [6.45, 7) is 6.17. The van der Waals surface area contributed by atoms with Gasteiger partial charge in [-0.25, -0.2) is 0 Å². The number of nitrogens with two attached hydrogens (primary N) is 1. The van der Waals surface area contributed by atoms with Crippen LogP contribution in [0.25, 0.3) is 0 Å². The maximum Gasteiger partial charge on any atom is 0.251 e. The van der Waals surface area contributed by atoms with Crippen molar-refractivity contribution in [2.24, 2.45) is 11.7 Å². The van der Waals surface area contributed by atoms with Crippen molar-refractivity contribution >= 4 is 34.9 Å². The highest BCUT2D eigenvalue weighted by molar-refractivity contribution is 7.10. The number of benzene rings is 2. The van der Waals surface area contributed by atoms with Crippen LogP contribution in [0.2, 0.25) is 0 Å². The number of nitrogens with zero attached hydrogens (tertiary/aromatic N) is 1. The number of carbonyl (C=O) groups excluding carboxylic acids is 3. The molecule has 1 aliphatic rings. The van der Waals surface area contributed by atoms with E-state index in [9.17, 15) is 14.4 Å². The van der Waals surface area contributed by atoms with Gasteiger partial charge in [-0.1, -0.05) is 31.0 Å². The number of aryl methyl sites for hydroxylation is 1. The maximum atomic E-state index is 13.2. The van der Waals surface area contributed by atoms with Gasteiger partial charge in [0.05, 0.1) is 12.6 Å². The molecule has 210 valence electrons. The lowest BCUT2D eigenvalue weighted by molar-refractivity contribution is -0.138. The van der Waals surface area contributed by atoms with Gasteiger partial charge in [-0.05, 0) is 68.7 Å². The molecular weight excluding hydrogens is 526 g/mol. The number of ether oxygens (including phenoxy) is 1. The van der Waals surface area contributed by atoms with Crippen LogP contribution in [-0.4, -0.2) is 47.6 Å². The number of hydrogen-bond acceptors (Lipinski definition) is 6. The number of nitrogens with one attached hydrogen (secondary N) is 3. The molecule has 1 aromatic heterocycles. The Labute approximate surface area is 238 Å². The Morgan fingerprint density at radius 1 is 1.10 bits per heavy atom. The van der Waals surface area contributed by atoms with Gasteiger partial charge in [-0.2, -0.15) is 0 Å². The fraction of sp³-hybridized carbons (Fsp3) is 0.333. The number of rotatable bonds is 10. The third-order valence-electron chi connectivity index (χ3n) is 7.08. The van der Waals surface area contributed by atoms with Crippen molar-refractivity contribution in [2.45, 2.75) is 45.7 Å². The van der Waals surface area contributed by atoms with Crippen molar-refractivity contribution in [3.8, 4) is 11.5 Å². The maximum absolute atomic E-state index is 13.2. The Bertz CT molecular complexity index is 1370. The van der Waals surface area contributed by atoms with E-state index >= 15 is 0 Å². The fourth-order valence-electron chi connectivity index (χ4n) is 4.62. The van der Waals surface area contributed by atoms with Gasteiger partial charge in [0.2, 0.25) is 11.8 Å². The molecule has 0 unspecified atom stereocenters. The van der Waals surface area contributed by atoms with Crippen LogP contribution in [0.3, 0.4) is 0 Å². The summed E-state index contributed by atoms with van der Waals surface area (Å²) in [6.07, 6.45) is 1.42. The van der Waals surface area contributed by atoms with Crippen molar-refractivity contribution < 1.29 is 19.1 Å². The predicted molar refractivity (Wildman–Crippen MR) is 156 cm³/mol. The first-order chi connectivity index (χ1) is 19.1. The Hall–Kier alpha value is -4.18. The second-order valence-electron chi connectivity index (χ2n) is 10.1. The van der Waals surface area contributed by atoms with Crippen LogP contribution in [-0.2, 0) is 9.59 Å². The number of amidine groups is 1. The Kier molecular flexibility index (Phi) is 9.21. The van der Waals surface area contributed by atoms with Gasteiger partial charge in [-0.3, -0.25) is 19.8 Å². The molecule has 0 saturated carbocycles. The summed E-state index contributed by atoms with van der Waals surface area (Å²) < 4.78 is 5.81. The normalized spacial score (nSPS) is 17.2. The summed E-state index contributed by atoms with van der Waals surface area (Å²) in [5.74, 6) is 0.577. The minimum absolute atomic E-state index is 0.0204. The lowest BCUT2D eigenvalue weighted by atomic mass is 10.0. The zero-order chi connectivity index (χ0) is 28.8. The number of nitrogen functional groups attached to an aromatic ring is 1. The molecule has 1 aliphatic heterocycles. The molecule has 2 heterocycles. The molecule has 2 aromatic carbocycles. The van der Waals surface area contributed by atoms with Crippen molar-refractivity contribution in [1.82, 2.24) is 15.5 Å². The molecule has 0 bridgehead atoms. The van der Waals surface area contributed by atoms with Crippen LogP contribution in [0.4, 0.5) is 0 Å². The van der Waals surface area contributed by atoms with Crippen LogP contribution >= 0.6 is 11.3 Å². The summed E-state index contributed by atoms with van der Waals surface area (Å²) in [6, 6.07) is 15.3. The SMILES string of the molecule is CC[C@@H]1C[C@@H](C(=O)N[C@H](C)c2cc(C(=N)N)cs2)N(C(=O)CNC(=O)c2ccc(Oc3ccc(C)cc3)cc2)C1. The zero-order valence-electron chi connectivity index (χ0n) is 22.9. The molecule has 9 nitrogen and oxygen atoms in total. The third-order valence-corrected chi connectivity index (χ3v) is 8.19. The van der Waals surface area contributed by atoms with E-state index in [-0.39, 0.29) is 42.1 Å². The quantitative estimate of drug-likeness (QED) is 0.215. The van der Waals surface area contributed by atoms with Crippen LogP contribution < -0.4 is 21.1 Å². The lowest BCUT2D eigenvalue weighted by Crippen LogP contribution is -2.49. The molecule has 3 atom stereocenters. The first-order valence-corrected chi connectivity index (χ1v) is 14.2. The molecule has 1 fully saturated rings. The lowest BCUT2D eigenvalue weighted by Gasteiger charge is -2.25. The van der Waals surface area contributed by atoms with Gasteiger partial charge in [0, 0.05) is 27.9 Å². The van der Waals surface area contributed by atoms with Crippen LogP contribution in [0.15, 0.2) is 60.0 Å². The average molecular weight is 562 g/mol. The largest absolute Gasteiger partial charge is 0.457 e. The second kappa shape index (κ2) is 12.8. The Morgan fingerprint density at radius 3 is 2.35 bits per heavy atom. The molecule has 0 aliphatic carbocycles. The third kappa shape index (κ3) is 7.06. The Balaban J connectivity index is 1.33. The highest BCUT2D eigenvalue weighted by Crippen LogP contribution is 2.28. The van der Waals surface area contributed by atoms with Gasteiger partial charge in [0.1, 0.15) is 23.4 Å². The molecule has 40 heavy (non-hydrogen) atoms. The van der Waals surface area contributed by atoms with E-state index in [2.05, 4.69) is 10.6 Å². The van der Waals surface area contributed by atoms with Crippen molar-refractivity contribution in [1.29, 1.82) is 5.41 Å². The Morgan fingerprint density at radius 2 is 1.75 bits per heavy atom. The standard InChI is InChI=1S/C30H35N5O4S/c1-4-20-13-25(30(38)34-19(3)26-14-22(17-40-26)28(31)32)35(16-20)27(36)15-33-29(37)21-7-11-24(12-8-21)39-23-9-5-18(2)6-10-23/h5-12,14,17,19-20,25H,4,13,15-16H2,1-3H3,(H3,31,32)(H,33,37)(H,34,38)/t19-,20-,25+/m1/s1. The fourth-order valence-corrected chi connectivity index (χ4v) is 5.54. The van der Waals surface area contributed by atoms with Gasteiger partial charge in [-0.15, -0.1) is 11.3 Å². The minimum atomic E-state index is -0.609. The molecule has 0 radical (unpaired) electrons. The van der Waals surface area contributed by atoms with E-state index in [1.54, 1.807) is 40.6 Å². The topological polar surface area (TPSA) is 138 Å². The van der Waals surface area contributed by atoms with E-state index in [0.29, 0.717) is 35.6 Å². The van der Waals surface area contributed by atoms with Gasteiger partial charge in [0.25, 0.3) is 5.91 Å². The van der Waals surface area contributed by atoms with E-state index < -0.39 is 6.04 Å². The summed E-state index contributed by atoms with van der Waals surface area (Å²) in [4.78, 5) is 41.6. The van der Waals surface area contributed by atoms with E-state index in [4.69, 9.17) is 15.9 Å². The van der Waals surface area contributed by atoms with E-state index in [0.717, 1.165) is 16.9 Å². The number of thiophene rings is 1.